The van der Waals surface area contributed by atoms with E-state index in [1.54, 1.807) is 24.3 Å². The molecule has 0 unspecified atom stereocenters. The third-order valence-electron chi connectivity index (χ3n) is 26.1. The zero-order valence-electron chi connectivity index (χ0n) is 79.4. The number of aliphatic carboxylic acids is 3. The summed E-state index contributed by atoms with van der Waals surface area (Å²) in [6, 6.07) is 26.9. The Morgan fingerprint density at radius 3 is 1.70 bits per heavy atom. The second kappa shape index (κ2) is 54.4. The minimum absolute atomic E-state index is 0.00492. The van der Waals surface area contributed by atoms with Gasteiger partial charge in [-0.15, -0.1) is 18.9 Å². The van der Waals surface area contributed by atoms with Gasteiger partial charge in [0.25, 0.3) is 51.8 Å². The normalized spacial score (nSPS) is 18.8. The summed E-state index contributed by atoms with van der Waals surface area (Å²) in [4.78, 5) is 185. The summed E-state index contributed by atoms with van der Waals surface area (Å²) < 4.78 is 29.6. The molecule has 0 spiro atoms. The van der Waals surface area contributed by atoms with Crippen LogP contribution in [0.1, 0.15) is 214 Å². The minimum Gasteiger partial charge on any atom is -0.491 e. The van der Waals surface area contributed by atoms with Crippen LogP contribution < -0.4 is 84.9 Å². The van der Waals surface area contributed by atoms with E-state index in [9.17, 15) is 103 Å². The van der Waals surface area contributed by atoms with Crippen LogP contribution in [0.4, 0.5) is 16.2 Å². The van der Waals surface area contributed by atoms with Crippen molar-refractivity contribution in [1.82, 2.24) is 71.3 Å². The fraction of sp³-hybridized carbons (Fsp3) is 0.490. The van der Waals surface area contributed by atoms with E-state index in [0.29, 0.717) is 126 Å². The molecule has 772 valence electrons. The second-order valence-corrected chi connectivity index (χ2v) is 36.7. The van der Waals surface area contributed by atoms with E-state index >= 15 is 0 Å². The number of nitrogens with zero attached hydrogens (tertiary/aromatic N) is 6. The van der Waals surface area contributed by atoms with Gasteiger partial charge in [-0.1, -0.05) is 37.3 Å². The van der Waals surface area contributed by atoms with Crippen molar-refractivity contribution in [2.24, 2.45) is 17.3 Å². The van der Waals surface area contributed by atoms with Crippen LogP contribution in [-0.4, -0.2) is 281 Å². The largest absolute Gasteiger partial charge is 0.491 e. The molecule has 4 aromatic heterocycles. The number of amides is 7. The second-order valence-electron chi connectivity index (χ2n) is 35.9. The van der Waals surface area contributed by atoms with Gasteiger partial charge in [0.15, 0.2) is 16.0 Å². The zero-order chi connectivity index (χ0) is 103. The van der Waals surface area contributed by atoms with Crippen molar-refractivity contribution >= 4 is 105 Å². The summed E-state index contributed by atoms with van der Waals surface area (Å²) in [5.41, 5.74) is -2.46. The number of urea groups is 1. The van der Waals surface area contributed by atoms with Gasteiger partial charge in [0, 0.05) is 101 Å². The Morgan fingerprint density at radius 1 is 0.531 bits per heavy atom. The number of hydrogen-bond donors (Lipinski definition) is 18. The Morgan fingerprint density at radius 2 is 1.08 bits per heavy atom. The molecule has 43 nitrogen and oxygen atoms in total. The van der Waals surface area contributed by atoms with Gasteiger partial charge in [-0.3, -0.25) is 52.7 Å². The van der Waals surface area contributed by atoms with Crippen molar-refractivity contribution in [2.75, 3.05) is 122 Å². The van der Waals surface area contributed by atoms with E-state index < -0.39 is 141 Å². The number of pyridine rings is 4. The van der Waals surface area contributed by atoms with Crippen molar-refractivity contribution in [3.63, 3.8) is 0 Å². The number of carboxylic acids is 3. The average Bonchev–Trinajstić information content (AvgIpc) is 1.32. The fourth-order valence-electron chi connectivity index (χ4n) is 18.4. The number of carbonyl (C=O) groups excluding carboxylic acids is 7. The number of aromatic nitrogens is 4. The molecule has 3 aromatic carbocycles. The number of carboxylic acid groups (broad SMARTS) is 3. The van der Waals surface area contributed by atoms with Gasteiger partial charge in [0.1, 0.15) is 65.1 Å². The molecule has 7 aromatic rings. The number of benzene rings is 3. The number of aryl methyl sites for hydroxylation is 1. The molecule has 6 aliphatic rings. The van der Waals surface area contributed by atoms with E-state index in [0.717, 1.165) is 86.2 Å². The number of unbranched alkanes of at least 4 members (excludes halogenated alkanes) is 2. The number of fused-ring (bicyclic) bond motifs is 7. The molecule has 4 bridgehead atoms. The molecule has 45 heteroatoms. The number of rotatable bonds is 40. The number of carbonyl (C=O) groups is 10. The quantitative estimate of drug-likeness (QED) is 0.0119. The molecule has 7 heterocycles. The number of ketones is 1. The highest BCUT2D eigenvalue weighted by Gasteiger charge is 2.54. The van der Waals surface area contributed by atoms with Crippen molar-refractivity contribution < 1.29 is 113 Å². The maximum Gasteiger partial charge on any atom is 0.326 e. The van der Waals surface area contributed by atoms with E-state index in [-0.39, 0.29) is 156 Å². The number of aliphatic hydroxyl groups excluding tert-OH is 1. The van der Waals surface area contributed by atoms with Crippen LogP contribution in [-0.2, 0) is 41.4 Å². The summed E-state index contributed by atoms with van der Waals surface area (Å²) >= 11 is 11.5. The molecule has 3 aliphatic carbocycles. The number of anilines is 2. The highest BCUT2D eigenvalue weighted by atomic mass is 32.1. The third-order valence-corrected chi connectivity index (χ3v) is 26.5. The van der Waals surface area contributed by atoms with Crippen molar-refractivity contribution in [1.29, 1.82) is 0 Å². The van der Waals surface area contributed by atoms with E-state index in [2.05, 4.69) is 78.3 Å². The Hall–Kier alpha value is -13.9. The maximum atomic E-state index is 14.1. The number of aliphatic hydroxyl groups is 1. The predicted octanol–water partition coefficient (Wildman–Crippen LogP) is 5.97. The summed E-state index contributed by atoms with van der Waals surface area (Å²) in [6.45, 7) is 5.51. The van der Waals surface area contributed by atoms with Crippen LogP contribution >= 0.6 is 24.4 Å². The van der Waals surface area contributed by atoms with Gasteiger partial charge in [-0.25, -0.2) is 14.4 Å². The van der Waals surface area contributed by atoms with Crippen LogP contribution in [0.2, 0.25) is 0 Å². The van der Waals surface area contributed by atoms with Gasteiger partial charge in [0.05, 0.1) is 51.3 Å². The molecule has 18 N–H and O–H groups in total. The molecule has 143 heavy (non-hydrogen) atoms. The van der Waals surface area contributed by atoms with Gasteiger partial charge >= 0.3 is 23.9 Å². The molecule has 0 saturated heterocycles. The molecule has 9 atom stereocenters. The SMILES string of the molecule is C[C@@]12CC[C@H]3c4ccc(OCCOCCOCCOCCOc5ccc(C[C@@H](CNCCCC[C@H](NC(=O)N[C@@H](CCC(=O)O)C(=O)O)C(=O)O)NC(=S)Nc6ccc(NC(=S)NCCCC[C@H]7CNC(=O)c8ccc(c(=O)n8O)C(=O)NCCCN(C(=O)c8cccc(=O)n8O)CCCCN(C(=O)c8cccc(=O)n8O)CCCCC(=O)c8ccc(n(O)c8=O)C(=O)N7)cc6)cc5)cc4CC[C@@H]3[C@H]1CC[C@H]2O. The molecule has 3 aliphatic heterocycles. The highest BCUT2D eigenvalue weighted by Crippen LogP contribution is 2.61. The molecule has 2 saturated carbocycles. The monoisotopic (exact) mass is 2020 g/mol. The first-order valence-electron chi connectivity index (χ1n) is 48.0. The smallest absolute Gasteiger partial charge is 0.326 e. The van der Waals surface area contributed by atoms with E-state index in [4.69, 9.17) is 53.2 Å². The van der Waals surface area contributed by atoms with Gasteiger partial charge in [-0.05, 0) is 278 Å². The average molecular weight is 2020 g/mol. The van der Waals surface area contributed by atoms with Crippen LogP contribution in [0.15, 0.2) is 147 Å². The van der Waals surface area contributed by atoms with Crippen molar-refractivity contribution in [3.05, 3.63) is 219 Å². The molecule has 13 rings (SSSR count). The van der Waals surface area contributed by atoms with Crippen molar-refractivity contribution in [2.45, 2.75) is 178 Å². The van der Waals surface area contributed by atoms with Crippen LogP contribution in [0.3, 0.4) is 0 Å². The van der Waals surface area contributed by atoms with Crippen LogP contribution in [0.25, 0.3) is 0 Å². The van der Waals surface area contributed by atoms with Crippen LogP contribution in [0, 0.1) is 17.3 Å². The molecule has 7 amide bonds. The van der Waals surface area contributed by atoms with Gasteiger partial charge in [-0.2, -0.15) is 0 Å². The lowest BCUT2D eigenvalue weighted by Crippen LogP contribution is -2.51. The Labute approximate surface area is 833 Å². The molecular weight excluding hydrogens is 1900 g/mol. The lowest BCUT2D eigenvalue weighted by atomic mass is 9.55. The fourth-order valence-corrected chi connectivity index (χ4v) is 18.9. The molecule has 2 fully saturated rings. The van der Waals surface area contributed by atoms with Gasteiger partial charge in [0.2, 0.25) is 0 Å². The molecular formula is C98H126N16O27S2. The number of ether oxygens (including phenoxy) is 5. The first-order chi connectivity index (χ1) is 68.7. The standard InChI is InChI=1S/C98H126N16O27S2/c1-98-41-40-70-69-31-29-68(58-62(69)22-30-71(70)74(98)34-38-82(98)116)141-56-54-139-52-50-137-49-51-138-53-55-140-67-27-20-61(21-28-67)57-66(59-99-42-5-3-14-75(93(128)129)107-95(132)108-76(94(130)131)35-39-85(119)120)106-97(143)105-64-25-23-63(24-26-64)104-96(142)101-43-6-2-13-65-60-102-87(122)77-37-33-73(90(125)113(77)135)86(121)100-44-12-48-110(92(127)80-16-11-19-84(118)112(80)134)47-9-8-46-109(91(126)79-15-10-18-83(117)111(79)133)45-7-4-17-81(115)72-32-36-78(88(123)103-65)114(136)89(72)124/h10-11,15-16,18-21,23-29,31-33,36-37,58,65-66,70-71,74-76,82,99,116,133-136H,2-9,12-14,17,22,30,34-35,38-57,59-60H2,1H3,(H,100,121)(H,102,122)(H,103,123)(H,119,120)(H,128,129)(H,130,131)(H2,101,104,142)(H2,105,106,143)(H2,107,108,132)/t65-,66-,70-,71-,74+,75-,76-,82+,98+/m0/s1. The minimum atomic E-state index is -1.56. The summed E-state index contributed by atoms with van der Waals surface area (Å²) in [5, 5.41) is 111. The number of thiocarbonyl (C=S) groups is 2. The maximum absolute atomic E-state index is 14.1. The zero-order valence-corrected chi connectivity index (χ0v) is 81.1. The van der Waals surface area contributed by atoms with E-state index in [1.165, 1.54) is 45.2 Å². The van der Waals surface area contributed by atoms with Crippen molar-refractivity contribution in [3.8, 4) is 11.5 Å². The van der Waals surface area contributed by atoms with Gasteiger partial charge < -0.3 is 128 Å². The Balaban J connectivity index is 0.647. The predicted molar refractivity (Wildman–Crippen MR) is 528 cm³/mol. The number of Topliss-reactive ketones (excluding diaryl/α,β-unsaturated/α-hetero) is 1. The summed E-state index contributed by atoms with van der Waals surface area (Å²) in [6.07, 6.45) is 7.64. The first kappa shape index (κ1) is 110. The topological polar surface area (TPSA) is 593 Å². The summed E-state index contributed by atoms with van der Waals surface area (Å²) in [5.74, 6) is -6.20. The third kappa shape index (κ3) is 31.8. The Kier molecular flexibility index (Phi) is 41.7. The lowest BCUT2D eigenvalue weighted by molar-refractivity contribution is -0.140. The summed E-state index contributed by atoms with van der Waals surface area (Å²) in [7, 11) is 0. The highest BCUT2D eigenvalue weighted by molar-refractivity contribution is 7.80. The van der Waals surface area contributed by atoms with E-state index in [1.807, 2.05) is 24.3 Å². The molecule has 0 radical (unpaired) electrons. The lowest BCUT2D eigenvalue weighted by Gasteiger charge is -2.50. The number of hydrogen-bond acceptors (Lipinski definition) is 27. The first-order valence-corrected chi connectivity index (χ1v) is 48.9. The Bertz CT molecular complexity index is 5860. The number of nitrogens with one attached hydrogen (secondary N) is 10. The van der Waals surface area contributed by atoms with Crippen LogP contribution in [0.5, 0.6) is 11.5 Å².